The number of hydrogen-bond donors (Lipinski definition) is 1. The number of carbonyl (C=O) groups is 1. The average Bonchev–Trinajstić information content (AvgIpc) is 2.89. The quantitative estimate of drug-likeness (QED) is 0.515. The third kappa shape index (κ3) is 2.98. The number of nitrogens with one attached hydrogen (secondary N) is 1. The Bertz CT molecular complexity index is 690. The Balaban J connectivity index is 2.35. The van der Waals surface area contributed by atoms with Gasteiger partial charge in [0.2, 0.25) is 0 Å². The third-order valence-electron chi connectivity index (χ3n) is 3.56. The number of nitro benzene ring substituents is 1. The molecule has 0 saturated heterocycles. The Hall–Kier alpha value is -1.91. The lowest BCUT2D eigenvalue weighted by molar-refractivity contribution is -0.384. The lowest BCUT2D eigenvalue weighted by Crippen LogP contribution is -2.37. The van der Waals surface area contributed by atoms with E-state index in [1.165, 1.54) is 0 Å². The Labute approximate surface area is 135 Å². The van der Waals surface area contributed by atoms with Crippen molar-refractivity contribution in [2.45, 2.75) is 25.3 Å². The maximum absolute atomic E-state index is 13.7. The highest BCUT2D eigenvalue weighted by atomic mass is 35.5. The van der Waals surface area contributed by atoms with E-state index in [2.05, 4.69) is 11.4 Å². The molecule has 6 nitrogen and oxygen atoms in total. The number of carbonyl (C=O) groups excluding carboxylic acids is 1. The number of amides is 1. The molecule has 1 saturated carbocycles. The van der Waals surface area contributed by atoms with Crippen molar-refractivity contribution < 1.29 is 14.1 Å². The number of nitrogens with zero attached hydrogens (tertiary/aromatic N) is 2. The molecule has 1 amide bonds. The molecule has 2 unspecified atom stereocenters. The normalized spacial score (nSPS) is 20.5. The standard InChI is InChI=1S/C13H10Cl2FN3O3/c14-10-7(4-8(16)11(15)12(10)19(21)22)13(20)18-9-3-1-2-6(9)5-17/h4,6,9H,1-3H2,(H,18,20). The second-order valence-electron chi connectivity index (χ2n) is 4.89. The summed E-state index contributed by atoms with van der Waals surface area (Å²) in [5, 5.41) is 21.2. The molecule has 0 spiro atoms. The molecule has 22 heavy (non-hydrogen) atoms. The number of rotatable bonds is 3. The van der Waals surface area contributed by atoms with Crippen LogP contribution in [0, 0.1) is 33.2 Å². The molecule has 2 atom stereocenters. The summed E-state index contributed by atoms with van der Waals surface area (Å²) >= 11 is 11.3. The molecule has 1 fully saturated rings. The van der Waals surface area contributed by atoms with Crippen LogP contribution >= 0.6 is 23.2 Å². The zero-order valence-electron chi connectivity index (χ0n) is 11.1. The fourth-order valence-electron chi connectivity index (χ4n) is 2.45. The first-order valence-electron chi connectivity index (χ1n) is 6.39. The van der Waals surface area contributed by atoms with Crippen LogP contribution in [0.25, 0.3) is 0 Å². The van der Waals surface area contributed by atoms with Gasteiger partial charge in [0.25, 0.3) is 5.91 Å². The first-order chi connectivity index (χ1) is 10.4. The molecule has 2 rings (SSSR count). The highest BCUT2D eigenvalue weighted by molar-refractivity contribution is 6.40. The van der Waals surface area contributed by atoms with E-state index >= 15 is 0 Å². The van der Waals surface area contributed by atoms with Crippen molar-refractivity contribution in [1.29, 1.82) is 5.26 Å². The summed E-state index contributed by atoms with van der Waals surface area (Å²) in [5.74, 6) is -2.21. The zero-order valence-corrected chi connectivity index (χ0v) is 12.6. The van der Waals surface area contributed by atoms with Crippen LogP contribution in [0.5, 0.6) is 0 Å². The maximum Gasteiger partial charge on any atom is 0.310 e. The monoisotopic (exact) mass is 345 g/mol. The van der Waals surface area contributed by atoms with Gasteiger partial charge in [-0.25, -0.2) is 4.39 Å². The molecule has 0 aromatic heterocycles. The summed E-state index contributed by atoms with van der Waals surface area (Å²) in [6, 6.07) is 2.45. The van der Waals surface area contributed by atoms with Gasteiger partial charge in [-0.05, 0) is 25.3 Å². The molecular formula is C13H10Cl2FN3O3. The molecule has 1 aromatic carbocycles. The third-order valence-corrected chi connectivity index (χ3v) is 4.30. The zero-order chi connectivity index (χ0) is 16.4. The van der Waals surface area contributed by atoms with Gasteiger partial charge in [-0.3, -0.25) is 14.9 Å². The van der Waals surface area contributed by atoms with E-state index in [0.717, 1.165) is 12.5 Å². The van der Waals surface area contributed by atoms with Crippen molar-refractivity contribution in [3.05, 3.63) is 37.6 Å². The number of benzene rings is 1. The van der Waals surface area contributed by atoms with Gasteiger partial charge in [-0.2, -0.15) is 5.26 Å². The van der Waals surface area contributed by atoms with Gasteiger partial charge in [-0.15, -0.1) is 0 Å². The van der Waals surface area contributed by atoms with E-state index in [4.69, 9.17) is 28.5 Å². The molecule has 9 heteroatoms. The van der Waals surface area contributed by atoms with E-state index < -0.39 is 32.4 Å². The summed E-state index contributed by atoms with van der Waals surface area (Å²) in [5.41, 5.74) is -1.23. The smallest absolute Gasteiger partial charge is 0.310 e. The van der Waals surface area contributed by atoms with E-state index in [-0.39, 0.29) is 17.5 Å². The summed E-state index contributed by atoms with van der Waals surface area (Å²) in [4.78, 5) is 22.1. The van der Waals surface area contributed by atoms with Crippen LogP contribution in [0.1, 0.15) is 29.6 Å². The summed E-state index contributed by atoms with van der Waals surface area (Å²) in [6.45, 7) is 0. The van der Waals surface area contributed by atoms with Crippen molar-refractivity contribution in [3.63, 3.8) is 0 Å². The van der Waals surface area contributed by atoms with E-state index in [9.17, 15) is 19.3 Å². The lowest BCUT2D eigenvalue weighted by Gasteiger charge is -2.16. The van der Waals surface area contributed by atoms with Gasteiger partial charge >= 0.3 is 5.69 Å². The molecule has 0 heterocycles. The molecule has 1 N–H and O–H groups in total. The van der Waals surface area contributed by atoms with Gasteiger partial charge in [-0.1, -0.05) is 23.2 Å². The molecule has 0 radical (unpaired) electrons. The van der Waals surface area contributed by atoms with E-state index in [0.29, 0.717) is 12.8 Å². The van der Waals surface area contributed by atoms with Crippen molar-refractivity contribution in [3.8, 4) is 6.07 Å². The predicted molar refractivity (Wildman–Crippen MR) is 77.3 cm³/mol. The van der Waals surface area contributed by atoms with Crippen molar-refractivity contribution in [1.82, 2.24) is 5.32 Å². The molecule has 1 aliphatic carbocycles. The van der Waals surface area contributed by atoms with Gasteiger partial charge < -0.3 is 5.32 Å². The molecule has 1 aliphatic rings. The highest BCUT2D eigenvalue weighted by Gasteiger charge is 2.32. The molecule has 1 aromatic rings. The first kappa shape index (κ1) is 16.5. The maximum atomic E-state index is 13.7. The highest BCUT2D eigenvalue weighted by Crippen LogP contribution is 2.37. The van der Waals surface area contributed by atoms with E-state index in [1.54, 1.807) is 0 Å². The van der Waals surface area contributed by atoms with Crippen LogP contribution in [0.2, 0.25) is 10.0 Å². The Kier molecular flexibility index (Phi) is 4.84. The second-order valence-corrected chi connectivity index (χ2v) is 5.64. The van der Waals surface area contributed by atoms with Gasteiger partial charge in [0.05, 0.1) is 22.5 Å². The van der Waals surface area contributed by atoms with Crippen molar-refractivity contribution in [2.24, 2.45) is 5.92 Å². The SMILES string of the molecule is N#CC1CCCC1NC(=O)c1cc(F)c(Cl)c([N+](=O)[O-])c1Cl. The number of hydrogen-bond acceptors (Lipinski definition) is 4. The molecule has 116 valence electrons. The van der Waals surface area contributed by atoms with Gasteiger partial charge in [0, 0.05) is 6.04 Å². The Morgan fingerprint density at radius 3 is 2.73 bits per heavy atom. The average molecular weight is 346 g/mol. The van der Waals surface area contributed by atoms with Crippen LogP contribution in [-0.2, 0) is 0 Å². The minimum atomic E-state index is -1.11. The van der Waals surface area contributed by atoms with E-state index in [1.807, 2.05) is 0 Å². The molecule has 0 bridgehead atoms. The number of nitriles is 1. The Morgan fingerprint density at radius 1 is 1.45 bits per heavy atom. The fourth-order valence-corrected chi connectivity index (χ4v) is 3.02. The van der Waals surface area contributed by atoms with Gasteiger partial charge in [0.1, 0.15) is 10.8 Å². The number of nitro groups is 1. The van der Waals surface area contributed by atoms with Crippen LogP contribution < -0.4 is 5.32 Å². The number of halogens is 3. The summed E-state index contributed by atoms with van der Waals surface area (Å²) in [7, 11) is 0. The predicted octanol–water partition coefficient (Wildman–Crippen LogP) is 3.46. The van der Waals surface area contributed by atoms with Crippen LogP contribution in [0.4, 0.5) is 10.1 Å². The summed E-state index contributed by atoms with van der Waals surface area (Å²) in [6.07, 6.45) is 2.05. The van der Waals surface area contributed by atoms with Crippen LogP contribution in [-0.4, -0.2) is 16.9 Å². The lowest BCUT2D eigenvalue weighted by atomic mass is 10.0. The first-order valence-corrected chi connectivity index (χ1v) is 7.14. The minimum absolute atomic E-state index is 0.338. The minimum Gasteiger partial charge on any atom is -0.348 e. The Morgan fingerprint density at radius 2 is 2.14 bits per heavy atom. The summed E-state index contributed by atoms with van der Waals surface area (Å²) < 4.78 is 13.7. The van der Waals surface area contributed by atoms with Crippen LogP contribution in [0.15, 0.2) is 6.07 Å². The molecule has 0 aliphatic heterocycles. The largest absolute Gasteiger partial charge is 0.348 e. The van der Waals surface area contributed by atoms with Gasteiger partial charge in [0.15, 0.2) is 5.02 Å². The van der Waals surface area contributed by atoms with Crippen molar-refractivity contribution >= 4 is 34.8 Å². The molecular weight excluding hydrogens is 336 g/mol. The van der Waals surface area contributed by atoms with Crippen molar-refractivity contribution in [2.75, 3.05) is 0 Å². The van der Waals surface area contributed by atoms with Crippen LogP contribution in [0.3, 0.4) is 0 Å². The fraction of sp³-hybridized carbons (Fsp3) is 0.385. The second kappa shape index (κ2) is 6.46. The topological polar surface area (TPSA) is 96.0 Å².